The molecule has 1 amide bonds. The minimum atomic E-state index is -0.577. The number of hydrogen-bond donors (Lipinski definition) is 1. The topological polar surface area (TPSA) is 123 Å². The standard InChI is InChI=1S/C25H29NO10/c1-6-33-25(28)26-10-9-13-11-16-21(35-12-34-16)22(31-4)17(13)23-19(36-23)14-7-8-15(29-2)20(30-3)18(14)24(27)32-5/h7-8,11,19,23H,6,9-10,12H2,1-5H3,(H,26,28)/t19-,23-/m1/s1. The number of nitrogens with one attached hydrogen (secondary N) is 1. The number of alkyl carbamates (subject to hydrolysis) is 1. The lowest BCUT2D eigenvalue weighted by atomic mass is 9.93. The Morgan fingerprint density at radius 3 is 2.47 bits per heavy atom. The summed E-state index contributed by atoms with van der Waals surface area (Å²) in [5.41, 5.74) is 2.38. The molecule has 11 nitrogen and oxygen atoms in total. The van der Waals surface area contributed by atoms with Crippen LogP contribution in [0.4, 0.5) is 4.79 Å². The van der Waals surface area contributed by atoms with Crippen molar-refractivity contribution in [3.63, 3.8) is 0 Å². The first kappa shape index (κ1) is 25.2. The second-order valence-electron chi connectivity index (χ2n) is 7.85. The Balaban J connectivity index is 1.72. The molecule has 2 heterocycles. The minimum Gasteiger partial charge on any atom is -0.493 e. The predicted octanol–water partition coefficient (Wildman–Crippen LogP) is 3.33. The number of methoxy groups -OCH3 is 4. The second kappa shape index (κ2) is 10.8. The molecule has 11 heteroatoms. The molecule has 0 unspecified atom stereocenters. The highest BCUT2D eigenvalue weighted by Crippen LogP contribution is 2.59. The lowest BCUT2D eigenvalue weighted by molar-refractivity contribution is 0.0594. The lowest BCUT2D eigenvalue weighted by Crippen LogP contribution is -2.26. The monoisotopic (exact) mass is 503 g/mol. The number of carbonyl (C=O) groups is 2. The van der Waals surface area contributed by atoms with Crippen LogP contribution in [0.25, 0.3) is 0 Å². The number of rotatable bonds is 10. The maximum atomic E-state index is 12.7. The molecule has 2 aromatic rings. The van der Waals surface area contributed by atoms with E-state index in [0.29, 0.717) is 41.5 Å². The normalized spacial score (nSPS) is 17.2. The fourth-order valence-electron chi connectivity index (χ4n) is 4.34. The van der Waals surface area contributed by atoms with Crippen LogP contribution in [-0.2, 0) is 20.6 Å². The highest BCUT2D eigenvalue weighted by molar-refractivity contribution is 5.95. The van der Waals surface area contributed by atoms with E-state index in [4.69, 9.17) is 37.9 Å². The van der Waals surface area contributed by atoms with E-state index in [0.717, 1.165) is 11.1 Å². The van der Waals surface area contributed by atoms with E-state index in [1.165, 1.54) is 28.4 Å². The van der Waals surface area contributed by atoms with Gasteiger partial charge in [-0.15, -0.1) is 0 Å². The molecule has 194 valence electrons. The van der Waals surface area contributed by atoms with Gasteiger partial charge in [-0.3, -0.25) is 0 Å². The van der Waals surface area contributed by atoms with Crippen LogP contribution in [0.2, 0.25) is 0 Å². The van der Waals surface area contributed by atoms with Gasteiger partial charge in [0.05, 0.1) is 35.0 Å². The molecular formula is C25H29NO10. The van der Waals surface area contributed by atoms with Crippen molar-refractivity contribution in [3.8, 4) is 28.7 Å². The van der Waals surface area contributed by atoms with Crippen molar-refractivity contribution in [1.29, 1.82) is 0 Å². The molecule has 0 aliphatic carbocycles. The fraction of sp³-hybridized carbons (Fsp3) is 0.440. The maximum absolute atomic E-state index is 12.7. The van der Waals surface area contributed by atoms with Crippen molar-refractivity contribution < 1.29 is 47.5 Å². The lowest BCUT2D eigenvalue weighted by Gasteiger charge is -2.16. The number of hydrogen-bond acceptors (Lipinski definition) is 10. The average Bonchev–Trinajstić information content (AvgIpc) is 3.53. The Bertz CT molecular complexity index is 1150. The molecule has 36 heavy (non-hydrogen) atoms. The zero-order chi connectivity index (χ0) is 25.8. The van der Waals surface area contributed by atoms with E-state index < -0.39 is 24.3 Å². The number of amides is 1. The summed E-state index contributed by atoms with van der Waals surface area (Å²) < 4.78 is 43.9. The smallest absolute Gasteiger partial charge is 0.407 e. The summed E-state index contributed by atoms with van der Waals surface area (Å²) in [6, 6.07) is 5.31. The summed E-state index contributed by atoms with van der Waals surface area (Å²) in [6.45, 7) is 2.39. The Hall–Kier alpha value is -3.86. The van der Waals surface area contributed by atoms with Crippen molar-refractivity contribution in [2.45, 2.75) is 25.6 Å². The molecule has 2 atom stereocenters. The van der Waals surface area contributed by atoms with Crippen LogP contribution in [-0.4, -0.2) is 60.4 Å². The van der Waals surface area contributed by atoms with Gasteiger partial charge in [-0.2, -0.15) is 0 Å². The first-order valence-electron chi connectivity index (χ1n) is 11.4. The van der Waals surface area contributed by atoms with Gasteiger partial charge in [0.25, 0.3) is 0 Å². The molecular weight excluding hydrogens is 474 g/mol. The van der Waals surface area contributed by atoms with Crippen molar-refractivity contribution in [2.75, 3.05) is 48.4 Å². The number of ether oxygens (including phenoxy) is 8. The van der Waals surface area contributed by atoms with E-state index in [9.17, 15) is 9.59 Å². The average molecular weight is 504 g/mol. The van der Waals surface area contributed by atoms with Gasteiger partial charge in [0, 0.05) is 17.7 Å². The molecule has 0 bridgehead atoms. The zero-order valence-corrected chi connectivity index (χ0v) is 20.8. The molecule has 0 aromatic heterocycles. The summed E-state index contributed by atoms with van der Waals surface area (Å²) >= 11 is 0. The van der Waals surface area contributed by atoms with Crippen LogP contribution in [0.15, 0.2) is 18.2 Å². The first-order chi connectivity index (χ1) is 17.5. The SMILES string of the molecule is CCOC(=O)NCCc1cc2c(c(OC)c1[C@H]1O[C@@H]1c1ccc(OC)c(OC)c1C(=O)OC)OCO2. The van der Waals surface area contributed by atoms with Gasteiger partial charge in [0.1, 0.15) is 17.8 Å². The van der Waals surface area contributed by atoms with Gasteiger partial charge in [0.2, 0.25) is 12.5 Å². The molecule has 0 radical (unpaired) electrons. The number of fused-ring (bicyclic) bond motifs is 1. The second-order valence-corrected chi connectivity index (χ2v) is 7.85. The van der Waals surface area contributed by atoms with E-state index in [-0.39, 0.29) is 24.7 Å². The fourth-order valence-corrected chi connectivity index (χ4v) is 4.34. The van der Waals surface area contributed by atoms with Crippen molar-refractivity contribution in [1.82, 2.24) is 5.32 Å². The van der Waals surface area contributed by atoms with Gasteiger partial charge < -0.3 is 43.2 Å². The molecule has 2 aliphatic heterocycles. The number of benzene rings is 2. The first-order valence-corrected chi connectivity index (χ1v) is 11.4. The number of epoxide rings is 1. The van der Waals surface area contributed by atoms with E-state index in [1.54, 1.807) is 19.1 Å². The third kappa shape index (κ3) is 4.66. The zero-order valence-electron chi connectivity index (χ0n) is 20.8. The molecule has 1 fully saturated rings. The molecule has 2 aromatic carbocycles. The molecule has 4 rings (SSSR count). The number of carbonyl (C=O) groups excluding carboxylic acids is 2. The quantitative estimate of drug-likeness (QED) is 0.381. The molecule has 1 N–H and O–H groups in total. The minimum absolute atomic E-state index is 0.0623. The Kier molecular flexibility index (Phi) is 7.58. The predicted molar refractivity (Wildman–Crippen MR) is 125 cm³/mol. The Morgan fingerprint density at radius 2 is 1.81 bits per heavy atom. The summed E-state index contributed by atoms with van der Waals surface area (Å²) in [5, 5.41) is 2.72. The van der Waals surface area contributed by atoms with Crippen LogP contribution in [0, 0.1) is 0 Å². The van der Waals surface area contributed by atoms with Crippen molar-refractivity contribution in [2.24, 2.45) is 0 Å². The summed E-state index contributed by atoms with van der Waals surface area (Å²) in [5.74, 6) is 1.57. The van der Waals surface area contributed by atoms with E-state index >= 15 is 0 Å². The molecule has 1 saturated heterocycles. The van der Waals surface area contributed by atoms with Gasteiger partial charge in [0.15, 0.2) is 23.0 Å². The van der Waals surface area contributed by atoms with Gasteiger partial charge >= 0.3 is 12.1 Å². The third-order valence-corrected chi connectivity index (χ3v) is 5.94. The summed E-state index contributed by atoms with van der Waals surface area (Å²) in [4.78, 5) is 24.5. The summed E-state index contributed by atoms with van der Waals surface area (Å²) in [6.07, 6.45) is -1.01. The van der Waals surface area contributed by atoms with E-state index in [2.05, 4.69) is 5.32 Å². The third-order valence-electron chi connectivity index (χ3n) is 5.94. The van der Waals surface area contributed by atoms with Gasteiger partial charge in [-0.1, -0.05) is 6.07 Å². The van der Waals surface area contributed by atoms with Crippen LogP contribution >= 0.6 is 0 Å². The van der Waals surface area contributed by atoms with Crippen molar-refractivity contribution in [3.05, 3.63) is 40.5 Å². The van der Waals surface area contributed by atoms with Crippen molar-refractivity contribution >= 4 is 12.1 Å². The highest BCUT2D eigenvalue weighted by atomic mass is 16.7. The molecule has 0 spiro atoms. The van der Waals surface area contributed by atoms with Crippen LogP contribution in [0.3, 0.4) is 0 Å². The Morgan fingerprint density at radius 1 is 1.03 bits per heavy atom. The number of esters is 1. The van der Waals surface area contributed by atoms with Gasteiger partial charge in [-0.05, 0) is 31.0 Å². The van der Waals surface area contributed by atoms with Crippen LogP contribution in [0.5, 0.6) is 28.7 Å². The van der Waals surface area contributed by atoms with Gasteiger partial charge in [-0.25, -0.2) is 9.59 Å². The van der Waals surface area contributed by atoms with E-state index in [1.807, 2.05) is 6.07 Å². The molecule has 0 saturated carbocycles. The molecule has 2 aliphatic rings. The van der Waals surface area contributed by atoms with Crippen LogP contribution in [0.1, 0.15) is 46.2 Å². The largest absolute Gasteiger partial charge is 0.493 e. The Labute approximate surface area is 208 Å². The van der Waals surface area contributed by atoms with Crippen LogP contribution < -0.4 is 29.0 Å². The highest BCUT2D eigenvalue weighted by Gasteiger charge is 2.48. The summed E-state index contributed by atoms with van der Waals surface area (Å²) in [7, 11) is 5.78. The maximum Gasteiger partial charge on any atom is 0.407 e.